The van der Waals surface area contributed by atoms with Crippen molar-refractivity contribution in [1.82, 2.24) is 5.32 Å². The average molecular weight is 301 g/mol. The van der Waals surface area contributed by atoms with Crippen molar-refractivity contribution >= 4 is 33.5 Å². The highest BCUT2D eigenvalue weighted by Crippen LogP contribution is 2.20. The second-order valence-electron chi connectivity index (χ2n) is 3.69. The molecule has 17 heavy (non-hydrogen) atoms. The van der Waals surface area contributed by atoms with E-state index in [1.165, 1.54) is 6.92 Å². The van der Waals surface area contributed by atoms with E-state index in [1.807, 2.05) is 0 Å². The van der Waals surface area contributed by atoms with Gasteiger partial charge in [0.2, 0.25) is 0 Å². The number of anilines is 1. The Kier molecular flexibility index (Phi) is 4.51. The van der Waals surface area contributed by atoms with Crippen molar-refractivity contribution in [2.24, 2.45) is 5.92 Å². The number of carbonyl (C=O) groups excluding carboxylic acids is 1. The summed E-state index contributed by atoms with van der Waals surface area (Å²) in [6.45, 7) is 1.62. The maximum Gasteiger partial charge on any atom is 0.308 e. The number of benzene rings is 1. The third kappa shape index (κ3) is 3.74. The summed E-state index contributed by atoms with van der Waals surface area (Å²) < 4.78 is 0.636. The van der Waals surface area contributed by atoms with Crippen LogP contribution in [0.2, 0.25) is 0 Å². The van der Waals surface area contributed by atoms with Gasteiger partial charge in [-0.1, -0.05) is 6.92 Å². The minimum Gasteiger partial charge on any atom is -0.481 e. The fraction of sp³-hybridized carbons (Fsp3) is 0.273. The lowest BCUT2D eigenvalue weighted by atomic mass is 10.1. The van der Waals surface area contributed by atoms with Crippen molar-refractivity contribution < 1.29 is 14.7 Å². The molecule has 1 atom stereocenters. The zero-order valence-corrected chi connectivity index (χ0v) is 10.8. The molecule has 4 N–H and O–H groups in total. The fourth-order valence-corrected chi connectivity index (χ4v) is 1.48. The summed E-state index contributed by atoms with van der Waals surface area (Å²) in [7, 11) is 0. The molecule has 1 amide bonds. The van der Waals surface area contributed by atoms with Crippen LogP contribution in [0.3, 0.4) is 0 Å². The first-order valence-electron chi connectivity index (χ1n) is 4.98. The summed E-state index contributed by atoms with van der Waals surface area (Å²) in [5, 5.41) is 11.2. The monoisotopic (exact) mass is 300 g/mol. The normalized spacial score (nSPS) is 11.9. The predicted molar refractivity (Wildman–Crippen MR) is 67.7 cm³/mol. The molecular formula is C11H13BrN2O3. The molecule has 6 heteroatoms. The first-order valence-corrected chi connectivity index (χ1v) is 5.77. The quantitative estimate of drug-likeness (QED) is 0.734. The molecule has 0 radical (unpaired) electrons. The molecule has 0 saturated heterocycles. The lowest BCUT2D eigenvalue weighted by molar-refractivity contribution is -0.140. The number of aliphatic carboxylic acids is 1. The molecule has 0 aliphatic rings. The van der Waals surface area contributed by atoms with E-state index in [0.717, 1.165) is 0 Å². The Labute approximate surface area is 107 Å². The van der Waals surface area contributed by atoms with Crippen LogP contribution < -0.4 is 11.1 Å². The largest absolute Gasteiger partial charge is 0.481 e. The van der Waals surface area contributed by atoms with Crippen LogP contribution in [0.5, 0.6) is 0 Å². The molecule has 1 rings (SSSR count). The van der Waals surface area contributed by atoms with Crippen LogP contribution in [0.4, 0.5) is 5.69 Å². The lowest BCUT2D eigenvalue weighted by Crippen LogP contribution is -2.31. The maximum absolute atomic E-state index is 11.7. The number of carbonyl (C=O) groups is 2. The predicted octanol–water partition coefficient (Wildman–Crippen LogP) is 1.48. The van der Waals surface area contributed by atoms with Gasteiger partial charge < -0.3 is 16.2 Å². The Bertz CT molecular complexity index is 448. The topological polar surface area (TPSA) is 92.4 Å². The number of halogens is 1. The zero-order valence-electron chi connectivity index (χ0n) is 9.24. The van der Waals surface area contributed by atoms with Crippen LogP contribution in [0.15, 0.2) is 22.7 Å². The molecule has 0 heterocycles. The van der Waals surface area contributed by atoms with Gasteiger partial charge >= 0.3 is 5.97 Å². The number of carboxylic acids is 1. The zero-order chi connectivity index (χ0) is 13.0. The minimum absolute atomic E-state index is 0.0934. The van der Waals surface area contributed by atoms with Crippen molar-refractivity contribution in [2.45, 2.75) is 6.92 Å². The number of rotatable bonds is 4. The van der Waals surface area contributed by atoms with Gasteiger partial charge in [0.15, 0.2) is 0 Å². The summed E-state index contributed by atoms with van der Waals surface area (Å²) in [6.07, 6.45) is 0. The van der Waals surface area contributed by atoms with E-state index in [2.05, 4.69) is 21.2 Å². The molecule has 0 aliphatic carbocycles. The van der Waals surface area contributed by atoms with Crippen LogP contribution in [0.1, 0.15) is 17.3 Å². The van der Waals surface area contributed by atoms with Crippen LogP contribution in [0, 0.1) is 5.92 Å². The maximum atomic E-state index is 11.7. The summed E-state index contributed by atoms with van der Waals surface area (Å²) in [4.78, 5) is 22.2. The van der Waals surface area contributed by atoms with Gasteiger partial charge in [-0.3, -0.25) is 9.59 Å². The minimum atomic E-state index is -0.941. The van der Waals surface area contributed by atoms with Gasteiger partial charge in [0.1, 0.15) is 0 Å². The molecule has 1 unspecified atom stereocenters. The van der Waals surface area contributed by atoms with Crippen LogP contribution in [0.25, 0.3) is 0 Å². The van der Waals surface area contributed by atoms with E-state index < -0.39 is 11.9 Å². The summed E-state index contributed by atoms with van der Waals surface area (Å²) in [6, 6.07) is 4.79. The summed E-state index contributed by atoms with van der Waals surface area (Å²) >= 11 is 3.22. The van der Waals surface area contributed by atoms with E-state index in [9.17, 15) is 9.59 Å². The van der Waals surface area contributed by atoms with Crippen molar-refractivity contribution in [3.8, 4) is 0 Å². The second kappa shape index (κ2) is 5.67. The molecule has 0 aliphatic heterocycles. The lowest BCUT2D eigenvalue weighted by Gasteiger charge is -2.09. The Morgan fingerprint density at radius 2 is 2.18 bits per heavy atom. The van der Waals surface area contributed by atoms with Gasteiger partial charge in [-0.25, -0.2) is 0 Å². The molecular weight excluding hydrogens is 288 g/mol. The Morgan fingerprint density at radius 1 is 1.53 bits per heavy atom. The SMILES string of the molecule is CC(CNC(=O)c1ccc(N)c(Br)c1)C(=O)O. The highest BCUT2D eigenvalue weighted by molar-refractivity contribution is 9.10. The molecule has 5 nitrogen and oxygen atoms in total. The Hall–Kier alpha value is -1.56. The number of hydrogen-bond acceptors (Lipinski definition) is 3. The molecule has 0 bridgehead atoms. The molecule has 0 fully saturated rings. The highest BCUT2D eigenvalue weighted by Gasteiger charge is 2.13. The standard InChI is InChI=1S/C11H13BrN2O3/c1-6(11(16)17)5-14-10(15)7-2-3-9(13)8(12)4-7/h2-4,6H,5,13H2,1H3,(H,14,15)(H,16,17). The van der Waals surface area contributed by atoms with Gasteiger partial charge in [0.25, 0.3) is 5.91 Å². The highest BCUT2D eigenvalue weighted by atomic mass is 79.9. The van der Waals surface area contributed by atoms with Gasteiger partial charge in [-0.2, -0.15) is 0 Å². The smallest absolute Gasteiger partial charge is 0.308 e. The summed E-state index contributed by atoms with van der Waals surface area (Å²) in [5.74, 6) is -1.88. The second-order valence-corrected chi connectivity index (χ2v) is 4.54. The number of nitrogens with one attached hydrogen (secondary N) is 1. The van der Waals surface area contributed by atoms with Crippen molar-refractivity contribution in [2.75, 3.05) is 12.3 Å². The van der Waals surface area contributed by atoms with E-state index in [1.54, 1.807) is 18.2 Å². The molecule has 1 aromatic carbocycles. The van der Waals surface area contributed by atoms with E-state index in [-0.39, 0.29) is 12.5 Å². The van der Waals surface area contributed by atoms with Gasteiger partial charge in [0.05, 0.1) is 5.92 Å². The van der Waals surface area contributed by atoms with E-state index in [4.69, 9.17) is 10.8 Å². The summed E-state index contributed by atoms with van der Waals surface area (Å²) in [5.41, 5.74) is 6.57. The molecule has 0 saturated carbocycles. The van der Waals surface area contributed by atoms with Gasteiger partial charge in [0, 0.05) is 22.3 Å². The Morgan fingerprint density at radius 3 is 2.71 bits per heavy atom. The van der Waals surface area contributed by atoms with Crippen LogP contribution in [-0.2, 0) is 4.79 Å². The third-order valence-electron chi connectivity index (χ3n) is 2.25. The third-order valence-corrected chi connectivity index (χ3v) is 2.94. The van der Waals surface area contributed by atoms with Gasteiger partial charge in [-0.15, -0.1) is 0 Å². The molecule has 1 aromatic rings. The average Bonchev–Trinajstić information content (AvgIpc) is 2.28. The van der Waals surface area contributed by atoms with Crippen molar-refractivity contribution in [3.63, 3.8) is 0 Å². The molecule has 0 aromatic heterocycles. The number of carboxylic acid groups (broad SMARTS) is 1. The fourth-order valence-electron chi connectivity index (χ4n) is 1.10. The number of nitrogen functional groups attached to an aromatic ring is 1. The Balaban J connectivity index is 2.64. The first kappa shape index (κ1) is 13.5. The van der Waals surface area contributed by atoms with Crippen molar-refractivity contribution in [3.05, 3.63) is 28.2 Å². The number of amides is 1. The first-order chi connectivity index (χ1) is 7.91. The van der Waals surface area contributed by atoms with Crippen molar-refractivity contribution in [1.29, 1.82) is 0 Å². The number of hydrogen-bond donors (Lipinski definition) is 3. The molecule has 92 valence electrons. The van der Waals surface area contributed by atoms with E-state index in [0.29, 0.717) is 15.7 Å². The van der Waals surface area contributed by atoms with Gasteiger partial charge in [-0.05, 0) is 34.1 Å². The van der Waals surface area contributed by atoms with E-state index >= 15 is 0 Å². The molecule has 0 spiro atoms. The van der Waals surface area contributed by atoms with Crippen LogP contribution in [-0.4, -0.2) is 23.5 Å². The number of nitrogens with two attached hydrogens (primary N) is 1. The van der Waals surface area contributed by atoms with Crippen LogP contribution >= 0.6 is 15.9 Å².